The molecule has 0 fully saturated rings. The zero-order valence-corrected chi connectivity index (χ0v) is 15.3. The summed E-state index contributed by atoms with van der Waals surface area (Å²) < 4.78 is 14.4. The highest BCUT2D eigenvalue weighted by molar-refractivity contribution is 9.10. The second kappa shape index (κ2) is 8.84. The van der Waals surface area contributed by atoms with Gasteiger partial charge in [-0.15, -0.1) is 0 Å². The van der Waals surface area contributed by atoms with E-state index < -0.39 is 0 Å². The molecule has 0 aliphatic heterocycles. The lowest BCUT2D eigenvalue weighted by atomic mass is 10.3. The minimum atomic E-state index is -0.340. The first-order valence-electron chi connectivity index (χ1n) is 7.32. The van der Waals surface area contributed by atoms with Crippen LogP contribution in [0.25, 0.3) is 0 Å². The Kier molecular flexibility index (Phi) is 6.80. The number of benzene rings is 2. The van der Waals surface area contributed by atoms with Crippen LogP contribution in [0.5, 0.6) is 0 Å². The third kappa shape index (κ3) is 5.80. The van der Waals surface area contributed by atoms with Gasteiger partial charge < -0.3 is 15.5 Å². The van der Waals surface area contributed by atoms with Gasteiger partial charge in [0, 0.05) is 30.3 Å². The third-order valence-electron chi connectivity index (χ3n) is 3.33. The van der Waals surface area contributed by atoms with Crippen molar-refractivity contribution in [3.8, 4) is 0 Å². The lowest BCUT2D eigenvalue weighted by Gasteiger charge is -2.19. The summed E-state index contributed by atoms with van der Waals surface area (Å²) in [6, 6.07) is 15.0. The Morgan fingerprint density at radius 3 is 2.65 bits per heavy atom. The highest BCUT2D eigenvalue weighted by atomic mass is 79.9. The Balaban J connectivity index is 1.71. The van der Waals surface area contributed by atoms with Crippen molar-refractivity contribution in [1.29, 1.82) is 0 Å². The van der Waals surface area contributed by atoms with Crippen LogP contribution >= 0.6 is 28.1 Å². The van der Waals surface area contributed by atoms with E-state index in [0.29, 0.717) is 15.3 Å². The second-order valence-corrected chi connectivity index (χ2v) is 6.44. The summed E-state index contributed by atoms with van der Waals surface area (Å²) in [7, 11) is 2.06. The van der Waals surface area contributed by atoms with Crippen molar-refractivity contribution in [3.63, 3.8) is 0 Å². The van der Waals surface area contributed by atoms with Crippen LogP contribution in [0.4, 0.5) is 15.8 Å². The zero-order valence-electron chi connectivity index (χ0n) is 12.9. The standard InChI is InChI=1S/C17H19BrFN3S/c1-22(14-6-3-2-4-7-14)11-5-10-20-17(23)21-16-9-8-13(18)12-15(16)19/h2-4,6-9,12H,5,10-11H2,1H3,(H2,20,21,23). The molecule has 23 heavy (non-hydrogen) atoms. The number of nitrogens with one attached hydrogen (secondary N) is 2. The maximum atomic E-state index is 13.7. The molecule has 2 aromatic rings. The van der Waals surface area contributed by atoms with Crippen LogP contribution in [-0.2, 0) is 0 Å². The molecule has 0 radical (unpaired) electrons. The molecule has 0 saturated carbocycles. The van der Waals surface area contributed by atoms with Gasteiger partial charge in [-0.2, -0.15) is 0 Å². The molecule has 0 aromatic heterocycles. The van der Waals surface area contributed by atoms with Crippen LogP contribution in [0, 0.1) is 5.82 Å². The third-order valence-corrected chi connectivity index (χ3v) is 4.07. The van der Waals surface area contributed by atoms with Crippen molar-refractivity contribution in [3.05, 3.63) is 58.8 Å². The predicted molar refractivity (Wildman–Crippen MR) is 103 cm³/mol. The molecule has 2 aromatic carbocycles. The number of nitrogens with zero attached hydrogens (tertiary/aromatic N) is 1. The number of rotatable bonds is 6. The average Bonchev–Trinajstić information content (AvgIpc) is 2.55. The van der Waals surface area contributed by atoms with Crippen LogP contribution < -0.4 is 15.5 Å². The smallest absolute Gasteiger partial charge is 0.170 e. The first kappa shape index (κ1) is 17.7. The van der Waals surface area contributed by atoms with E-state index in [1.807, 2.05) is 18.2 Å². The molecule has 0 unspecified atom stereocenters. The lowest BCUT2D eigenvalue weighted by molar-refractivity contribution is 0.631. The van der Waals surface area contributed by atoms with Crippen LogP contribution in [-0.4, -0.2) is 25.2 Å². The van der Waals surface area contributed by atoms with Gasteiger partial charge in [-0.25, -0.2) is 4.39 Å². The van der Waals surface area contributed by atoms with E-state index in [0.717, 1.165) is 19.5 Å². The molecule has 0 saturated heterocycles. The first-order chi connectivity index (χ1) is 11.1. The summed E-state index contributed by atoms with van der Waals surface area (Å²) in [4.78, 5) is 2.19. The van der Waals surface area contributed by atoms with Gasteiger partial charge in [0.2, 0.25) is 0 Å². The minimum absolute atomic E-state index is 0.340. The summed E-state index contributed by atoms with van der Waals surface area (Å²) in [5.41, 5.74) is 1.55. The monoisotopic (exact) mass is 395 g/mol. The molecule has 3 nitrogen and oxygen atoms in total. The first-order valence-corrected chi connectivity index (χ1v) is 8.52. The van der Waals surface area contributed by atoms with E-state index >= 15 is 0 Å². The number of hydrogen-bond acceptors (Lipinski definition) is 2. The van der Waals surface area contributed by atoms with Crippen molar-refractivity contribution < 1.29 is 4.39 Å². The van der Waals surface area contributed by atoms with Gasteiger partial charge in [0.05, 0.1) is 5.69 Å². The van der Waals surface area contributed by atoms with Gasteiger partial charge >= 0.3 is 0 Å². The lowest BCUT2D eigenvalue weighted by Crippen LogP contribution is -2.31. The number of hydrogen-bond donors (Lipinski definition) is 2. The van der Waals surface area contributed by atoms with Gasteiger partial charge in [0.15, 0.2) is 5.11 Å². The molecule has 0 aliphatic rings. The molecule has 2 N–H and O–H groups in total. The number of anilines is 2. The van der Waals surface area contributed by atoms with Crippen molar-refractivity contribution in [2.75, 3.05) is 30.4 Å². The number of thiocarbonyl (C=S) groups is 1. The van der Waals surface area contributed by atoms with Gasteiger partial charge in [0.1, 0.15) is 5.82 Å². The van der Waals surface area contributed by atoms with Crippen LogP contribution in [0.2, 0.25) is 0 Å². The van der Waals surface area contributed by atoms with Crippen molar-refractivity contribution in [2.45, 2.75) is 6.42 Å². The minimum Gasteiger partial charge on any atom is -0.375 e. The van der Waals surface area contributed by atoms with Gasteiger partial charge in [-0.1, -0.05) is 34.1 Å². The molecule has 0 aliphatic carbocycles. The molecule has 6 heteroatoms. The van der Waals surface area contributed by atoms with Gasteiger partial charge in [0.25, 0.3) is 0 Å². The average molecular weight is 396 g/mol. The fourth-order valence-corrected chi connectivity index (χ4v) is 2.63. The Morgan fingerprint density at radius 1 is 1.22 bits per heavy atom. The van der Waals surface area contributed by atoms with E-state index in [1.165, 1.54) is 11.8 Å². The predicted octanol–water partition coefficient (Wildman–Crippen LogP) is 4.40. The largest absolute Gasteiger partial charge is 0.375 e. The quantitative estimate of drug-likeness (QED) is 0.559. The highest BCUT2D eigenvalue weighted by Gasteiger charge is 2.05. The molecular formula is C17H19BrFN3S. The van der Waals surface area contributed by atoms with Crippen LogP contribution in [0.15, 0.2) is 53.0 Å². The van der Waals surface area contributed by atoms with Crippen molar-refractivity contribution >= 4 is 44.6 Å². The summed E-state index contributed by atoms with van der Waals surface area (Å²) in [6.45, 7) is 1.63. The second-order valence-electron chi connectivity index (χ2n) is 5.12. The molecule has 2 rings (SSSR count). The van der Waals surface area contributed by atoms with Crippen molar-refractivity contribution in [1.82, 2.24) is 5.32 Å². The topological polar surface area (TPSA) is 27.3 Å². The Hall–Kier alpha value is -1.66. The summed E-state index contributed by atoms with van der Waals surface area (Å²) >= 11 is 8.41. The van der Waals surface area contributed by atoms with Gasteiger partial charge in [-0.05, 0) is 49.0 Å². The highest BCUT2D eigenvalue weighted by Crippen LogP contribution is 2.19. The Bertz CT molecular complexity index is 652. The Labute approximate surface area is 150 Å². The number of halogens is 2. The normalized spacial score (nSPS) is 10.2. The maximum Gasteiger partial charge on any atom is 0.170 e. The number of para-hydroxylation sites is 1. The fourth-order valence-electron chi connectivity index (χ4n) is 2.09. The van der Waals surface area contributed by atoms with E-state index in [2.05, 4.69) is 50.6 Å². The molecule has 0 bridgehead atoms. The molecule has 0 spiro atoms. The zero-order chi connectivity index (χ0) is 16.7. The van der Waals surface area contributed by atoms with Crippen LogP contribution in [0.1, 0.15) is 6.42 Å². The fraction of sp³-hybridized carbons (Fsp3) is 0.235. The van der Waals surface area contributed by atoms with E-state index in [4.69, 9.17) is 12.2 Å². The molecule has 0 atom stereocenters. The molecule has 0 heterocycles. The summed E-state index contributed by atoms with van der Waals surface area (Å²) in [5.74, 6) is -0.340. The Morgan fingerprint density at radius 2 is 1.96 bits per heavy atom. The summed E-state index contributed by atoms with van der Waals surface area (Å²) in [5, 5.41) is 6.39. The SMILES string of the molecule is CN(CCCNC(=S)Nc1ccc(Br)cc1F)c1ccccc1. The van der Waals surface area contributed by atoms with Gasteiger partial charge in [-0.3, -0.25) is 0 Å². The summed E-state index contributed by atoms with van der Waals surface area (Å²) in [6.07, 6.45) is 0.927. The van der Waals surface area contributed by atoms with E-state index in [-0.39, 0.29) is 5.82 Å². The molecule has 0 amide bonds. The van der Waals surface area contributed by atoms with Crippen molar-refractivity contribution in [2.24, 2.45) is 0 Å². The molecular weight excluding hydrogens is 377 g/mol. The maximum absolute atomic E-state index is 13.7. The van der Waals surface area contributed by atoms with Crippen LogP contribution in [0.3, 0.4) is 0 Å². The molecule has 122 valence electrons. The van der Waals surface area contributed by atoms with E-state index in [1.54, 1.807) is 12.1 Å². The van der Waals surface area contributed by atoms with E-state index in [9.17, 15) is 4.39 Å².